The molecule has 1 nitrogen and oxygen atoms in total. The van der Waals surface area contributed by atoms with Gasteiger partial charge in [0.05, 0.1) is 3.79 Å². The average molecular weight is 262 g/mol. The lowest BCUT2D eigenvalue weighted by Gasteiger charge is -2.11. The van der Waals surface area contributed by atoms with Crippen LogP contribution in [0.25, 0.3) is 0 Å². The highest BCUT2D eigenvalue weighted by Gasteiger charge is 2.12. The fourth-order valence-corrected chi connectivity index (χ4v) is 2.88. The maximum absolute atomic E-state index is 6.07. The van der Waals surface area contributed by atoms with Crippen molar-refractivity contribution < 1.29 is 0 Å². The van der Waals surface area contributed by atoms with Crippen LogP contribution in [0, 0.1) is 12.8 Å². The van der Waals surface area contributed by atoms with Gasteiger partial charge in [0.1, 0.15) is 0 Å². The molecule has 74 valence electrons. The van der Waals surface area contributed by atoms with Gasteiger partial charge in [0.2, 0.25) is 0 Å². The summed E-state index contributed by atoms with van der Waals surface area (Å²) in [5.74, 6) is 0.663. The predicted octanol–water partition coefficient (Wildman–Crippen LogP) is 3.86. The van der Waals surface area contributed by atoms with Gasteiger partial charge in [-0.05, 0) is 46.8 Å². The van der Waals surface area contributed by atoms with E-state index in [9.17, 15) is 0 Å². The van der Waals surface area contributed by atoms with E-state index in [1.165, 1.54) is 14.2 Å². The lowest BCUT2D eigenvalue weighted by Crippen LogP contribution is -2.11. The first-order valence-electron chi connectivity index (χ1n) is 4.52. The van der Waals surface area contributed by atoms with Crippen molar-refractivity contribution in [2.75, 3.05) is 0 Å². The summed E-state index contributed by atoms with van der Waals surface area (Å²) in [6.07, 6.45) is 1.06. The van der Waals surface area contributed by atoms with Crippen molar-refractivity contribution >= 4 is 27.3 Å². The van der Waals surface area contributed by atoms with E-state index in [2.05, 4.69) is 42.8 Å². The molecule has 0 radical (unpaired) electrons. The number of aryl methyl sites for hydroxylation is 1. The van der Waals surface area contributed by atoms with Crippen LogP contribution in [-0.2, 0) is 0 Å². The summed E-state index contributed by atoms with van der Waals surface area (Å²) in [4.78, 5) is 1.29. The fourth-order valence-electron chi connectivity index (χ4n) is 1.29. The Morgan fingerprint density at radius 1 is 1.54 bits per heavy atom. The number of hydrogen-bond acceptors (Lipinski definition) is 2. The minimum atomic E-state index is 0.204. The van der Waals surface area contributed by atoms with Gasteiger partial charge in [0.25, 0.3) is 0 Å². The Bertz CT molecular complexity index is 261. The molecule has 0 saturated carbocycles. The zero-order valence-corrected chi connectivity index (χ0v) is 10.7. The largest absolute Gasteiger partial charge is 0.323 e. The maximum atomic E-state index is 6.07. The van der Waals surface area contributed by atoms with Gasteiger partial charge in [-0.3, -0.25) is 0 Å². The Kier molecular flexibility index (Phi) is 3.95. The topological polar surface area (TPSA) is 26.0 Å². The molecule has 0 bridgehead atoms. The van der Waals surface area contributed by atoms with E-state index in [0.29, 0.717) is 5.92 Å². The zero-order valence-electron chi connectivity index (χ0n) is 8.30. The quantitative estimate of drug-likeness (QED) is 0.879. The summed E-state index contributed by atoms with van der Waals surface area (Å²) in [7, 11) is 0. The van der Waals surface area contributed by atoms with Crippen LogP contribution in [0.1, 0.15) is 36.8 Å². The van der Waals surface area contributed by atoms with Crippen LogP contribution in [0.3, 0.4) is 0 Å². The molecule has 1 atom stereocenters. The van der Waals surface area contributed by atoms with E-state index in [1.807, 2.05) is 0 Å². The number of hydrogen-bond donors (Lipinski definition) is 1. The number of halogens is 1. The first kappa shape index (κ1) is 11.2. The molecule has 0 saturated heterocycles. The summed E-state index contributed by atoms with van der Waals surface area (Å²) >= 11 is 5.27. The molecule has 1 rings (SSSR count). The molecule has 0 aliphatic rings. The van der Waals surface area contributed by atoms with E-state index < -0.39 is 0 Å². The van der Waals surface area contributed by atoms with Gasteiger partial charge in [0.15, 0.2) is 0 Å². The van der Waals surface area contributed by atoms with Crippen LogP contribution in [-0.4, -0.2) is 0 Å². The SMILES string of the molecule is Cc1cc([C@H](N)CC(C)C)sc1Br. The second-order valence-corrected chi connectivity index (χ2v) is 6.24. The van der Waals surface area contributed by atoms with Gasteiger partial charge >= 0.3 is 0 Å². The average Bonchev–Trinajstić information content (AvgIpc) is 2.31. The lowest BCUT2D eigenvalue weighted by atomic mass is 10.0. The van der Waals surface area contributed by atoms with Crippen molar-refractivity contribution in [1.29, 1.82) is 0 Å². The highest BCUT2D eigenvalue weighted by Crippen LogP contribution is 2.32. The van der Waals surface area contributed by atoms with Crippen molar-refractivity contribution in [3.63, 3.8) is 0 Å². The number of nitrogens with two attached hydrogens (primary N) is 1. The van der Waals surface area contributed by atoms with Crippen LogP contribution in [0.15, 0.2) is 9.85 Å². The second-order valence-electron chi connectivity index (χ2n) is 3.84. The van der Waals surface area contributed by atoms with Gasteiger partial charge < -0.3 is 5.73 Å². The Labute approximate surface area is 92.5 Å². The molecular weight excluding hydrogens is 246 g/mol. The molecule has 0 spiro atoms. The predicted molar refractivity (Wildman–Crippen MR) is 63.1 cm³/mol. The Morgan fingerprint density at radius 2 is 2.15 bits per heavy atom. The Morgan fingerprint density at radius 3 is 2.54 bits per heavy atom. The first-order valence-corrected chi connectivity index (χ1v) is 6.13. The van der Waals surface area contributed by atoms with Gasteiger partial charge in [-0.2, -0.15) is 0 Å². The van der Waals surface area contributed by atoms with Crippen molar-refractivity contribution in [3.8, 4) is 0 Å². The van der Waals surface area contributed by atoms with Gasteiger partial charge in [0, 0.05) is 10.9 Å². The molecule has 0 fully saturated rings. The van der Waals surface area contributed by atoms with E-state index in [-0.39, 0.29) is 6.04 Å². The zero-order chi connectivity index (χ0) is 10.0. The molecule has 0 aliphatic heterocycles. The first-order chi connectivity index (χ1) is 6.00. The molecular formula is C10H16BrNS. The van der Waals surface area contributed by atoms with E-state index in [1.54, 1.807) is 11.3 Å². The number of thiophene rings is 1. The van der Waals surface area contributed by atoms with Crippen molar-refractivity contribution in [1.82, 2.24) is 0 Å². The highest BCUT2D eigenvalue weighted by atomic mass is 79.9. The summed E-state index contributed by atoms with van der Waals surface area (Å²) in [6, 6.07) is 2.39. The molecule has 1 aromatic heterocycles. The van der Waals surface area contributed by atoms with Crippen LogP contribution in [0.2, 0.25) is 0 Å². The van der Waals surface area contributed by atoms with Gasteiger partial charge in [-0.1, -0.05) is 13.8 Å². The Balaban J connectivity index is 2.71. The molecule has 1 heterocycles. The van der Waals surface area contributed by atoms with E-state index in [4.69, 9.17) is 5.73 Å². The third-order valence-electron chi connectivity index (χ3n) is 1.97. The third-order valence-corrected chi connectivity index (χ3v) is 4.24. The molecule has 0 amide bonds. The summed E-state index contributed by atoms with van der Waals surface area (Å²) in [6.45, 7) is 6.51. The molecule has 3 heteroatoms. The van der Waals surface area contributed by atoms with Gasteiger partial charge in [-0.15, -0.1) is 11.3 Å². The van der Waals surface area contributed by atoms with E-state index in [0.717, 1.165) is 6.42 Å². The number of rotatable bonds is 3. The lowest BCUT2D eigenvalue weighted by molar-refractivity contribution is 0.515. The van der Waals surface area contributed by atoms with Crippen molar-refractivity contribution in [2.24, 2.45) is 11.7 Å². The molecule has 13 heavy (non-hydrogen) atoms. The van der Waals surface area contributed by atoms with Crippen molar-refractivity contribution in [3.05, 3.63) is 20.3 Å². The second kappa shape index (κ2) is 4.58. The van der Waals surface area contributed by atoms with Crippen LogP contribution in [0.5, 0.6) is 0 Å². The molecule has 0 unspecified atom stereocenters. The third kappa shape index (κ3) is 3.08. The summed E-state index contributed by atoms with van der Waals surface area (Å²) in [5.41, 5.74) is 7.36. The minimum Gasteiger partial charge on any atom is -0.323 e. The van der Waals surface area contributed by atoms with Crippen molar-refractivity contribution in [2.45, 2.75) is 33.2 Å². The molecule has 2 N–H and O–H groups in total. The van der Waals surface area contributed by atoms with Crippen LogP contribution >= 0.6 is 27.3 Å². The standard InChI is InChI=1S/C10H16BrNS/c1-6(2)4-8(12)9-5-7(3)10(11)13-9/h5-6,8H,4,12H2,1-3H3/t8-/m1/s1. The molecule has 1 aromatic rings. The van der Waals surface area contributed by atoms with Crippen LogP contribution < -0.4 is 5.73 Å². The van der Waals surface area contributed by atoms with Crippen LogP contribution in [0.4, 0.5) is 0 Å². The summed E-state index contributed by atoms with van der Waals surface area (Å²) < 4.78 is 1.21. The monoisotopic (exact) mass is 261 g/mol. The Hall–Kier alpha value is 0.140. The van der Waals surface area contributed by atoms with Gasteiger partial charge in [-0.25, -0.2) is 0 Å². The maximum Gasteiger partial charge on any atom is 0.0731 e. The minimum absolute atomic E-state index is 0.204. The highest BCUT2D eigenvalue weighted by molar-refractivity contribution is 9.11. The smallest absolute Gasteiger partial charge is 0.0731 e. The molecule has 0 aliphatic carbocycles. The normalized spacial score (nSPS) is 13.7. The van der Waals surface area contributed by atoms with E-state index >= 15 is 0 Å². The summed E-state index contributed by atoms with van der Waals surface area (Å²) in [5, 5.41) is 0. The molecule has 0 aromatic carbocycles. The fraction of sp³-hybridized carbons (Fsp3) is 0.600.